The average Bonchev–Trinajstić information content (AvgIpc) is 2.19. The second-order valence-electron chi connectivity index (χ2n) is 2.59. The Morgan fingerprint density at radius 2 is 2.31 bits per heavy atom. The van der Waals surface area contributed by atoms with Crippen molar-refractivity contribution in [2.75, 3.05) is 0 Å². The van der Waals surface area contributed by atoms with Crippen molar-refractivity contribution >= 4 is 17.3 Å². The quantitative estimate of drug-likeness (QED) is 0.363. The first-order chi connectivity index (χ1) is 6.33. The lowest BCUT2D eigenvalue weighted by atomic mass is 10.2. The van der Waals surface area contributed by atoms with Gasteiger partial charge in [0.05, 0.1) is 5.56 Å². The van der Waals surface area contributed by atoms with Crippen LogP contribution in [-0.2, 0) is 0 Å². The minimum absolute atomic E-state index is 0.409. The van der Waals surface area contributed by atoms with Crippen LogP contribution in [0.25, 0.3) is 11.0 Å². The van der Waals surface area contributed by atoms with Crippen LogP contribution in [-0.4, -0.2) is 11.3 Å². The van der Waals surface area contributed by atoms with E-state index in [4.69, 9.17) is 0 Å². The number of carbonyl (C=O) groups excluding carboxylic acids is 1. The summed E-state index contributed by atoms with van der Waals surface area (Å²) in [5.74, 6) is 0. The summed E-state index contributed by atoms with van der Waals surface area (Å²) < 4.78 is 0.690. The van der Waals surface area contributed by atoms with Crippen molar-refractivity contribution in [3.63, 3.8) is 0 Å². The number of hydrogen-bond donors (Lipinski definition) is 0. The average molecular weight is 174 g/mol. The highest BCUT2D eigenvalue weighted by Gasteiger charge is 2.07. The van der Waals surface area contributed by atoms with Crippen molar-refractivity contribution in [1.82, 2.24) is 4.98 Å². The monoisotopic (exact) mass is 174 g/mol. The highest BCUT2D eigenvalue weighted by atomic mass is 16.5. The second-order valence-corrected chi connectivity index (χ2v) is 2.59. The van der Waals surface area contributed by atoms with E-state index in [1.807, 2.05) is 0 Å². The predicted molar refractivity (Wildman–Crippen MR) is 46.1 cm³/mol. The van der Waals surface area contributed by atoms with Gasteiger partial charge in [-0.3, -0.25) is 4.79 Å². The van der Waals surface area contributed by atoms with Crippen molar-refractivity contribution in [1.29, 1.82) is 0 Å². The molecular formula is C9H6N2O2. The van der Waals surface area contributed by atoms with E-state index >= 15 is 0 Å². The Hall–Kier alpha value is -1.97. The van der Waals surface area contributed by atoms with Gasteiger partial charge in [0.2, 0.25) is 5.52 Å². The molecule has 0 spiro atoms. The molecular weight excluding hydrogens is 168 g/mol. The zero-order chi connectivity index (χ0) is 9.26. The van der Waals surface area contributed by atoms with Crippen molar-refractivity contribution in [3.05, 3.63) is 41.4 Å². The summed E-state index contributed by atoms with van der Waals surface area (Å²) in [6.07, 6.45) is 3.54. The zero-order valence-electron chi connectivity index (χ0n) is 6.68. The number of aldehydes is 1. The van der Waals surface area contributed by atoms with Crippen LogP contribution in [0, 0.1) is 5.21 Å². The number of fused-ring (bicyclic) bond motifs is 1. The second kappa shape index (κ2) is 2.82. The van der Waals surface area contributed by atoms with Gasteiger partial charge in [-0.1, -0.05) is 0 Å². The molecule has 0 saturated heterocycles. The number of hydrogen-bond acceptors (Lipinski definition) is 3. The molecule has 0 fully saturated rings. The molecule has 0 N–H and O–H groups in total. The number of carbonyl (C=O) groups is 1. The lowest BCUT2D eigenvalue weighted by Gasteiger charge is -2.00. The van der Waals surface area contributed by atoms with Crippen LogP contribution < -0.4 is 4.73 Å². The summed E-state index contributed by atoms with van der Waals surface area (Å²) >= 11 is 0. The first kappa shape index (κ1) is 7.67. The normalized spacial score (nSPS) is 10.2. The van der Waals surface area contributed by atoms with Crippen LogP contribution in [0.4, 0.5) is 0 Å². The van der Waals surface area contributed by atoms with Crippen LogP contribution in [0.15, 0.2) is 30.6 Å². The van der Waals surface area contributed by atoms with Crippen LogP contribution in [0.2, 0.25) is 0 Å². The first-order valence-electron chi connectivity index (χ1n) is 3.75. The third-order valence-electron chi connectivity index (χ3n) is 1.81. The van der Waals surface area contributed by atoms with Crippen molar-refractivity contribution < 1.29 is 9.52 Å². The van der Waals surface area contributed by atoms with Gasteiger partial charge in [0, 0.05) is 18.3 Å². The molecule has 0 aliphatic heterocycles. The molecule has 0 radical (unpaired) electrons. The summed E-state index contributed by atoms with van der Waals surface area (Å²) in [4.78, 5) is 14.5. The molecule has 0 aliphatic carbocycles. The number of rotatable bonds is 1. The Morgan fingerprint density at radius 1 is 1.46 bits per heavy atom. The number of nitrogens with zero attached hydrogens (tertiary/aromatic N) is 2. The number of pyridine rings is 2. The molecule has 2 aromatic rings. The third-order valence-corrected chi connectivity index (χ3v) is 1.81. The summed E-state index contributed by atoms with van der Waals surface area (Å²) in [5, 5.41) is 11.2. The fourth-order valence-corrected chi connectivity index (χ4v) is 1.20. The van der Waals surface area contributed by atoms with Crippen molar-refractivity contribution in [3.8, 4) is 0 Å². The van der Waals surface area contributed by atoms with Crippen LogP contribution in [0.5, 0.6) is 0 Å². The molecule has 0 unspecified atom stereocenters. The predicted octanol–water partition coefficient (Wildman–Crippen LogP) is 0.681. The third kappa shape index (κ3) is 1.12. The Kier molecular flexibility index (Phi) is 1.66. The van der Waals surface area contributed by atoms with Crippen molar-refractivity contribution in [2.45, 2.75) is 0 Å². The molecule has 13 heavy (non-hydrogen) atoms. The SMILES string of the molecule is O=Cc1cc[n+]([O-])c2cccnc12. The lowest BCUT2D eigenvalue weighted by molar-refractivity contribution is -0.577. The minimum Gasteiger partial charge on any atom is -0.618 e. The summed E-state index contributed by atoms with van der Waals surface area (Å²) in [6.45, 7) is 0. The van der Waals surface area contributed by atoms with E-state index in [9.17, 15) is 10.0 Å². The van der Waals surface area contributed by atoms with Gasteiger partial charge in [0.15, 0.2) is 12.5 Å². The molecule has 4 heteroatoms. The lowest BCUT2D eigenvalue weighted by Crippen LogP contribution is -2.26. The molecule has 0 bridgehead atoms. The van der Waals surface area contributed by atoms with E-state index in [1.54, 1.807) is 18.3 Å². The molecule has 0 amide bonds. The minimum atomic E-state index is 0.409. The maximum absolute atomic E-state index is 11.2. The van der Waals surface area contributed by atoms with E-state index < -0.39 is 0 Å². The zero-order valence-corrected chi connectivity index (χ0v) is 6.68. The smallest absolute Gasteiger partial charge is 0.243 e. The number of aromatic nitrogens is 2. The van der Waals surface area contributed by atoms with Crippen LogP contribution in [0.3, 0.4) is 0 Å². The van der Waals surface area contributed by atoms with Gasteiger partial charge in [0.1, 0.15) is 5.52 Å². The van der Waals surface area contributed by atoms with Gasteiger partial charge in [-0.25, -0.2) is 4.98 Å². The molecule has 0 saturated carbocycles. The van der Waals surface area contributed by atoms with E-state index in [2.05, 4.69) is 4.98 Å². The molecule has 64 valence electrons. The first-order valence-corrected chi connectivity index (χ1v) is 3.75. The Morgan fingerprint density at radius 3 is 3.08 bits per heavy atom. The Balaban J connectivity index is 2.92. The highest BCUT2D eigenvalue weighted by molar-refractivity contribution is 5.91. The molecule has 2 aromatic heterocycles. The molecule has 0 aromatic carbocycles. The van der Waals surface area contributed by atoms with Gasteiger partial charge < -0.3 is 5.21 Å². The summed E-state index contributed by atoms with van der Waals surface area (Å²) in [5.41, 5.74) is 1.28. The van der Waals surface area contributed by atoms with Crippen LogP contribution >= 0.6 is 0 Å². The Labute approximate surface area is 74.0 Å². The molecule has 2 rings (SSSR count). The molecule has 0 atom stereocenters. The summed E-state index contributed by atoms with van der Waals surface area (Å²) in [6, 6.07) is 4.74. The van der Waals surface area contributed by atoms with E-state index in [0.29, 0.717) is 27.6 Å². The van der Waals surface area contributed by atoms with Crippen LogP contribution in [0.1, 0.15) is 10.4 Å². The van der Waals surface area contributed by atoms with Gasteiger partial charge in [-0.2, -0.15) is 4.73 Å². The highest BCUT2D eigenvalue weighted by Crippen LogP contribution is 2.09. The fourth-order valence-electron chi connectivity index (χ4n) is 1.20. The standard InChI is InChI=1S/C9H6N2O2/c12-6-7-3-5-11(13)8-2-1-4-10-9(7)8/h1-6H. The van der Waals surface area contributed by atoms with Gasteiger partial charge in [0.25, 0.3) is 0 Å². The maximum Gasteiger partial charge on any atom is 0.243 e. The maximum atomic E-state index is 11.2. The van der Waals surface area contributed by atoms with E-state index in [1.165, 1.54) is 12.3 Å². The fraction of sp³-hybridized carbons (Fsp3) is 0. The van der Waals surface area contributed by atoms with E-state index in [-0.39, 0.29) is 0 Å². The van der Waals surface area contributed by atoms with Gasteiger partial charge in [-0.05, 0) is 6.07 Å². The molecule has 0 aliphatic rings. The van der Waals surface area contributed by atoms with Gasteiger partial charge in [-0.15, -0.1) is 0 Å². The molecule has 4 nitrogen and oxygen atoms in total. The molecule has 2 heterocycles. The van der Waals surface area contributed by atoms with Gasteiger partial charge >= 0.3 is 0 Å². The topological polar surface area (TPSA) is 56.9 Å². The van der Waals surface area contributed by atoms with E-state index in [0.717, 1.165) is 0 Å². The Bertz CT molecular complexity index is 468. The van der Waals surface area contributed by atoms with Crippen molar-refractivity contribution in [2.24, 2.45) is 0 Å². The summed E-state index contributed by atoms with van der Waals surface area (Å²) in [7, 11) is 0. The largest absolute Gasteiger partial charge is 0.618 e.